The minimum absolute atomic E-state index is 0. The van der Waals surface area contributed by atoms with E-state index in [4.69, 9.17) is 4.42 Å². The maximum atomic E-state index is 14.2. The third-order valence-electron chi connectivity index (χ3n) is 3.67. The molecule has 1 fully saturated rings. The fourth-order valence-electron chi connectivity index (χ4n) is 2.65. The van der Waals surface area contributed by atoms with Gasteiger partial charge in [-0.25, -0.2) is 8.78 Å². The van der Waals surface area contributed by atoms with Crippen molar-refractivity contribution >= 4 is 29.1 Å². The number of anilines is 1. The highest BCUT2D eigenvalue weighted by molar-refractivity contribution is 5.90. The predicted octanol–water partition coefficient (Wildman–Crippen LogP) is 3.32. The van der Waals surface area contributed by atoms with Gasteiger partial charge in [-0.2, -0.15) is 0 Å². The van der Waals surface area contributed by atoms with Gasteiger partial charge in [-0.1, -0.05) is 0 Å². The van der Waals surface area contributed by atoms with Crippen molar-refractivity contribution in [3.63, 3.8) is 0 Å². The quantitative estimate of drug-likeness (QED) is 0.876. The number of hydrogen-bond acceptors (Lipinski definition) is 3. The number of halogens is 3. The summed E-state index contributed by atoms with van der Waals surface area (Å²) in [7, 11) is 0. The molecule has 6 heteroatoms. The van der Waals surface area contributed by atoms with Gasteiger partial charge in [-0.05, 0) is 19.9 Å². The lowest BCUT2D eigenvalue weighted by Crippen LogP contribution is -2.54. The van der Waals surface area contributed by atoms with Gasteiger partial charge in [-0.15, -0.1) is 12.4 Å². The maximum Gasteiger partial charge on any atom is 0.163 e. The molecule has 0 bridgehead atoms. The van der Waals surface area contributed by atoms with E-state index in [1.165, 1.54) is 12.3 Å². The molecule has 0 unspecified atom stereocenters. The van der Waals surface area contributed by atoms with Crippen molar-refractivity contribution in [1.29, 1.82) is 0 Å². The monoisotopic (exact) mass is 302 g/mol. The predicted molar refractivity (Wildman–Crippen MR) is 77.7 cm³/mol. The minimum Gasteiger partial charge on any atom is -0.462 e. The Morgan fingerprint density at radius 2 is 2.05 bits per heavy atom. The molecule has 1 aliphatic heterocycles. The number of hydrogen-bond donors (Lipinski definition) is 1. The van der Waals surface area contributed by atoms with E-state index in [0.717, 1.165) is 12.6 Å². The maximum absolute atomic E-state index is 14.2. The Bertz CT molecular complexity index is 616. The number of fused-ring (bicyclic) bond motifs is 1. The third-order valence-corrected chi connectivity index (χ3v) is 3.67. The van der Waals surface area contributed by atoms with Gasteiger partial charge in [0.2, 0.25) is 0 Å². The molecule has 1 aromatic carbocycles. The summed E-state index contributed by atoms with van der Waals surface area (Å²) in [5, 5.41) is 3.66. The third kappa shape index (κ3) is 2.36. The van der Waals surface area contributed by atoms with E-state index in [2.05, 4.69) is 5.32 Å². The Morgan fingerprint density at radius 3 is 2.80 bits per heavy atom. The molecule has 0 saturated carbocycles. The second-order valence-electron chi connectivity index (χ2n) is 5.16. The highest BCUT2D eigenvalue weighted by atomic mass is 35.5. The van der Waals surface area contributed by atoms with Crippen molar-refractivity contribution < 1.29 is 13.2 Å². The van der Waals surface area contributed by atoms with Crippen molar-refractivity contribution in [2.24, 2.45) is 0 Å². The van der Waals surface area contributed by atoms with Crippen molar-refractivity contribution in [1.82, 2.24) is 5.32 Å². The van der Waals surface area contributed by atoms with Gasteiger partial charge in [0.1, 0.15) is 11.5 Å². The molecule has 1 saturated heterocycles. The van der Waals surface area contributed by atoms with Crippen molar-refractivity contribution in [2.75, 3.05) is 18.0 Å². The van der Waals surface area contributed by atoms with Gasteiger partial charge in [-0.3, -0.25) is 0 Å². The molecule has 1 aliphatic rings. The van der Waals surface area contributed by atoms with E-state index in [0.29, 0.717) is 23.2 Å². The molecule has 0 radical (unpaired) electrons. The minimum atomic E-state index is -0.583. The summed E-state index contributed by atoms with van der Waals surface area (Å²) in [4.78, 5) is 1.95. The fourth-order valence-corrected chi connectivity index (χ4v) is 2.65. The molecule has 0 aliphatic carbocycles. The average Bonchev–Trinajstić information content (AvgIpc) is 2.83. The SMILES string of the molecule is C[C@@H]1CN[C@@H](C)CN1c1c(F)cc(F)c2ccoc12.Cl. The first kappa shape index (κ1) is 15.1. The lowest BCUT2D eigenvalue weighted by molar-refractivity contribution is 0.419. The van der Waals surface area contributed by atoms with Crippen molar-refractivity contribution in [3.8, 4) is 0 Å². The van der Waals surface area contributed by atoms with Crippen LogP contribution in [0.2, 0.25) is 0 Å². The van der Waals surface area contributed by atoms with Crippen LogP contribution in [0.3, 0.4) is 0 Å². The molecule has 1 aromatic heterocycles. The van der Waals surface area contributed by atoms with Crippen LogP contribution in [0, 0.1) is 11.6 Å². The van der Waals surface area contributed by atoms with Gasteiger partial charge in [0, 0.05) is 31.2 Å². The summed E-state index contributed by atoms with van der Waals surface area (Å²) in [5.74, 6) is -1.15. The number of nitrogens with zero attached hydrogens (tertiary/aromatic N) is 1. The van der Waals surface area contributed by atoms with Crippen LogP contribution < -0.4 is 10.2 Å². The zero-order chi connectivity index (χ0) is 13.6. The highest BCUT2D eigenvalue weighted by Gasteiger charge is 2.28. The molecule has 20 heavy (non-hydrogen) atoms. The zero-order valence-electron chi connectivity index (χ0n) is 11.3. The first-order chi connectivity index (χ1) is 9.08. The van der Waals surface area contributed by atoms with Gasteiger partial charge in [0.15, 0.2) is 11.4 Å². The standard InChI is InChI=1S/C14H16F2N2O.ClH/c1-8-7-18(9(2)6-17-8)13-12(16)5-11(15)10-3-4-19-14(10)13;/h3-5,8-9,17H,6-7H2,1-2H3;1H/t8-,9+;/m0./s1. The normalized spacial score (nSPS) is 22.9. The Balaban J connectivity index is 0.00000147. The number of benzene rings is 1. The Morgan fingerprint density at radius 1 is 1.30 bits per heavy atom. The molecule has 2 heterocycles. The van der Waals surface area contributed by atoms with Crippen LogP contribution in [0.25, 0.3) is 11.0 Å². The van der Waals surface area contributed by atoms with E-state index in [1.54, 1.807) is 0 Å². The van der Waals surface area contributed by atoms with Crippen LogP contribution >= 0.6 is 12.4 Å². The smallest absolute Gasteiger partial charge is 0.163 e. The Kier molecular flexibility index (Phi) is 4.20. The van der Waals surface area contributed by atoms with E-state index in [9.17, 15) is 8.78 Å². The molecule has 1 N–H and O–H groups in total. The molecule has 0 spiro atoms. The van der Waals surface area contributed by atoms with Crippen LogP contribution in [0.1, 0.15) is 13.8 Å². The first-order valence-corrected chi connectivity index (χ1v) is 6.43. The first-order valence-electron chi connectivity index (χ1n) is 6.43. The molecule has 3 nitrogen and oxygen atoms in total. The second-order valence-corrected chi connectivity index (χ2v) is 5.16. The van der Waals surface area contributed by atoms with E-state index < -0.39 is 11.6 Å². The molecular weight excluding hydrogens is 286 g/mol. The number of piperazine rings is 1. The number of rotatable bonds is 1. The molecule has 0 amide bonds. The van der Waals surface area contributed by atoms with Crippen molar-refractivity contribution in [3.05, 3.63) is 30.0 Å². The van der Waals surface area contributed by atoms with E-state index in [1.807, 2.05) is 18.7 Å². The summed E-state index contributed by atoms with van der Waals surface area (Å²) in [6.45, 7) is 5.48. The van der Waals surface area contributed by atoms with Crippen LogP contribution in [0.5, 0.6) is 0 Å². The average molecular weight is 303 g/mol. The fraction of sp³-hybridized carbons (Fsp3) is 0.429. The lowest BCUT2D eigenvalue weighted by atomic mass is 10.1. The molecule has 110 valence electrons. The summed E-state index contributed by atoms with van der Waals surface area (Å²) >= 11 is 0. The van der Waals surface area contributed by atoms with E-state index in [-0.39, 0.29) is 24.5 Å². The molecule has 2 atom stereocenters. The van der Waals surface area contributed by atoms with Crippen LogP contribution in [0.4, 0.5) is 14.5 Å². The summed E-state index contributed by atoms with van der Waals surface area (Å²) in [6.07, 6.45) is 1.40. The van der Waals surface area contributed by atoms with Crippen LogP contribution in [0.15, 0.2) is 22.8 Å². The van der Waals surface area contributed by atoms with Crippen LogP contribution in [-0.2, 0) is 0 Å². The Labute approximate surface area is 122 Å². The van der Waals surface area contributed by atoms with Gasteiger partial charge >= 0.3 is 0 Å². The summed E-state index contributed by atoms with van der Waals surface area (Å²) in [6, 6.07) is 2.85. The number of furan rings is 1. The summed E-state index contributed by atoms with van der Waals surface area (Å²) in [5.41, 5.74) is 0.653. The lowest BCUT2D eigenvalue weighted by Gasteiger charge is -2.39. The molecule has 3 rings (SSSR count). The second kappa shape index (κ2) is 5.58. The van der Waals surface area contributed by atoms with Gasteiger partial charge < -0.3 is 14.6 Å². The highest BCUT2D eigenvalue weighted by Crippen LogP contribution is 2.34. The Hall–Kier alpha value is -1.33. The van der Waals surface area contributed by atoms with E-state index >= 15 is 0 Å². The number of nitrogens with one attached hydrogen (secondary N) is 1. The topological polar surface area (TPSA) is 28.4 Å². The summed E-state index contributed by atoms with van der Waals surface area (Å²) < 4.78 is 33.2. The van der Waals surface area contributed by atoms with Crippen molar-refractivity contribution in [2.45, 2.75) is 25.9 Å². The molecular formula is C14H17ClF2N2O. The van der Waals surface area contributed by atoms with Gasteiger partial charge in [0.05, 0.1) is 11.6 Å². The van der Waals surface area contributed by atoms with Gasteiger partial charge in [0.25, 0.3) is 0 Å². The largest absolute Gasteiger partial charge is 0.462 e. The zero-order valence-corrected chi connectivity index (χ0v) is 12.1. The van der Waals surface area contributed by atoms with Crippen LogP contribution in [-0.4, -0.2) is 25.2 Å². The molecule has 2 aromatic rings.